The second kappa shape index (κ2) is 10.1. The monoisotopic (exact) mass is 483 g/mol. The molecule has 4 rings (SSSR count). The molecule has 0 bridgehead atoms. The highest BCUT2D eigenvalue weighted by Crippen LogP contribution is 2.23. The summed E-state index contributed by atoms with van der Waals surface area (Å²) in [7, 11) is 0. The third-order valence-corrected chi connectivity index (χ3v) is 5.66. The zero-order valence-electron chi connectivity index (χ0n) is 17.7. The first-order valence-corrected chi connectivity index (χ1v) is 10.9. The van der Waals surface area contributed by atoms with E-state index in [4.69, 9.17) is 27.9 Å². The molecule has 0 aliphatic heterocycles. The van der Waals surface area contributed by atoms with E-state index in [-0.39, 0.29) is 17.5 Å². The minimum atomic E-state index is -0.329. The van der Waals surface area contributed by atoms with E-state index in [1.807, 2.05) is 31.2 Å². The lowest BCUT2D eigenvalue weighted by Crippen LogP contribution is -2.13. The van der Waals surface area contributed by atoms with Gasteiger partial charge in [-0.25, -0.2) is 4.39 Å². The van der Waals surface area contributed by atoms with Crippen LogP contribution in [0.3, 0.4) is 0 Å². The van der Waals surface area contributed by atoms with E-state index in [0.717, 1.165) is 22.4 Å². The van der Waals surface area contributed by atoms with Crippen molar-refractivity contribution in [1.82, 2.24) is 9.78 Å². The number of rotatable bonds is 7. The first kappa shape index (κ1) is 22.8. The fourth-order valence-corrected chi connectivity index (χ4v) is 3.46. The van der Waals surface area contributed by atoms with Crippen LogP contribution in [0.4, 0.5) is 10.2 Å². The normalized spacial score (nSPS) is 10.8. The standard InChI is InChI=1S/C25H20Cl2FN3O2/c1-16-12-21(10-11-22(16)26)33-15-18-2-6-19(7-3-18)25(32)29-24-23(27)14-31(30-24)13-17-4-8-20(28)9-5-17/h2-12,14H,13,15H2,1H3,(H,29,30,32). The Labute approximate surface area is 200 Å². The Morgan fingerprint density at radius 3 is 2.39 bits per heavy atom. The Morgan fingerprint density at radius 2 is 1.70 bits per heavy atom. The number of halogens is 3. The molecular weight excluding hydrogens is 464 g/mol. The highest BCUT2D eigenvalue weighted by molar-refractivity contribution is 6.33. The summed E-state index contributed by atoms with van der Waals surface area (Å²) in [6.07, 6.45) is 1.61. The van der Waals surface area contributed by atoms with Crippen LogP contribution < -0.4 is 10.1 Å². The van der Waals surface area contributed by atoms with Crippen molar-refractivity contribution in [2.45, 2.75) is 20.1 Å². The number of aromatic nitrogens is 2. The number of hydrogen-bond acceptors (Lipinski definition) is 3. The maximum atomic E-state index is 13.1. The molecule has 8 heteroatoms. The van der Waals surface area contributed by atoms with Crippen molar-refractivity contribution in [1.29, 1.82) is 0 Å². The average Bonchev–Trinajstić information content (AvgIpc) is 3.15. The van der Waals surface area contributed by atoms with Crippen molar-refractivity contribution < 1.29 is 13.9 Å². The van der Waals surface area contributed by atoms with Crippen LogP contribution >= 0.6 is 23.2 Å². The van der Waals surface area contributed by atoms with Crippen molar-refractivity contribution in [3.63, 3.8) is 0 Å². The van der Waals surface area contributed by atoms with Crippen LogP contribution in [-0.2, 0) is 13.2 Å². The third-order valence-electron chi connectivity index (χ3n) is 4.96. The highest BCUT2D eigenvalue weighted by Gasteiger charge is 2.13. The van der Waals surface area contributed by atoms with Crippen LogP contribution in [-0.4, -0.2) is 15.7 Å². The van der Waals surface area contributed by atoms with Gasteiger partial charge in [-0.15, -0.1) is 0 Å². The summed E-state index contributed by atoms with van der Waals surface area (Å²) < 4.78 is 20.4. The Bertz CT molecular complexity index is 1270. The topological polar surface area (TPSA) is 56.1 Å². The number of nitrogens with one attached hydrogen (secondary N) is 1. The molecule has 1 aromatic heterocycles. The summed E-state index contributed by atoms with van der Waals surface area (Å²) in [6, 6.07) is 18.7. The van der Waals surface area contributed by atoms with Gasteiger partial charge in [-0.05, 0) is 66.1 Å². The fraction of sp³-hybridized carbons (Fsp3) is 0.120. The second-order valence-electron chi connectivity index (χ2n) is 7.50. The molecule has 1 N–H and O–H groups in total. The van der Waals surface area contributed by atoms with Gasteiger partial charge in [-0.2, -0.15) is 5.10 Å². The first-order chi connectivity index (χ1) is 15.9. The van der Waals surface area contributed by atoms with Gasteiger partial charge < -0.3 is 10.1 Å². The lowest BCUT2D eigenvalue weighted by atomic mass is 10.1. The molecule has 0 aliphatic rings. The van der Waals surface area contributed by atoms with Crippen LogP contribution in [0.15, 0.2) is 72.9 Å². The van der Waals surface area contributed by atoms with Gasteiger partial charge in [0.15, 0.2) is 5.82 Å². The maximum Gasteiger partial charge on any atom is 0.256 e. The quantitative estimate of drug-likeness (QED) is 0.325. The van der Waals surface area contributed by atoms with Gasteiger partial charge in [0.05, 0.1) is 6.54 Å². The molecule has 3 aromatic carbocycles. The molecule has 0 radical (unpaired) electrons. The average molecular weight is 484 g/mol. The molecule has 0 saturated heterocycles. The second-order valence-corrected chi connectivity index (χ2v) is 8.31. The van der Waals surface area contributed by atoms with Gasteiger partial charge in [0.1, 0.15) is 23.2 Å². The SMILES string of the molecule is Cc1cc(OCc2ccc(C(=O)Nc3nn(Cc4ccc(F)cc4)cc3Cl)cc2)ccc1Cl. The van der Waals surface area contributed by atoms with Gasteiger partial charge in [0.2, 0.25) is 0 Å². The molecule has 33 heavy (non-hydrogen) atoms. The van der Waals surface area contributed by atoms with Crippen LogP contribution in [0.5, 0.6) is 5.75 Å². The Balaban J connectivity index is 1.36. The summed E-state index contributed by atoms with van der Waals surface area (Å²) in [5.41, 5.74) is 3.19. The van der Waals surface area contributed by atoms with Crippen LogP contribution in [0.2, 0.25) is 10.0 Å². The molecule has 0 fully saturated rings. The molecule has 4 aromatic rings. The molecule has 1 heterocycles. The van der Waals surface area contributed by atoms with Crippen molar-refractivity contribution in [3.8, 4) is 5.75 Å². The summed E-state index contributed by atoms with van der Waals surface area (Å²) in [6.45, 7) is 2.68. The van der Waals surface area contributed by atoms with E-state index in [1.54, 1.807) is 41.2 Å². The highest BCUT2D eigenvalue weighted by atomic mass is 35.5. The van der Waals surface area contributed by atoms with E-state index < -0.39 is 0 Å². The number of amides is 1. The predicted molar refractivity (Wildman–Crippen MR) is 128 cm³/mol. The zero-order chi connectivity index (χ0) is 23.4. The van der Waals surface area contributed by atoms with Crippen molar-refractivity contribution in [3.05, 3.63) is 111 Å². The zero-order valence-corrected chi connectivity index (χ0v) is 19.2. The van der Waals surface area contributed by atoms with Gasteiger partial charge in [-0.3, -0.25) is 9.48 Å². The molecule has 168 valence electrons. The first-order valence-electron chi connectivity index (χ1n) is 10.1. The minimum Gasteiger partial charge on any atom is -0.489 e. The lowest BCUT2D eigenvalue weighted by molar-refractivity contribution is 0.102. The molecule has 0 saturated carbocycles. The van der Waals surface area contributed by atoms with Crippen molar-refractivity contribution in [2.24, 2.45) is 0 Å². The van der Waals surface area contributed by atoms with E-state index in [9.17, 15) is 9.18 Å². The Kier molecular flexibility index (Phi) is 6.96. The number of anilines is 1. The number of carbonyl (C=O) groups is 1. The van der Waals surface area contributed by atoms with E-state index in [0.29, 0.717) is 28.8 Å². The Hall–Kier alpha value is -3.35. The predicted octanol–water partition coefficient (Wildman–Crippen LogP) is 6.52. The number of carbonyl (C=O) groups excluding carboxylic acids is 1. The number of hydrogen-bond donors (Lipinski definition) is 1. The van der Waals surface area contributed by atoms with Crippen LogP contribution in [0, 0.1) is 12.7 Å². The molecule has 0 atom stereocenters. The van der Waals surface area contributed by atoms with Crippen LogP contribution in [0.1, 0.15) is 27.0 Å². The largest absolute Gasteiger partial charge is 0.489 e. The molecule has 5 nitrogen and oxygen atoms in total. The van der Waals surface area contributed by atoms with Gasteiger partial charge in [0, 0.05) is 16.8 Å². The smallest absolute Gasteiger partial charge is 0.256 e. The molecule has 1 amide bonds. The number of ether oxygens (including phenoxy) is 1. The number of benzene rings is 3. The van der Waals surface area contributed by atoms with Crippen molar-refractivity contribution in [2.75, 3.05) is 5.32 Å². The molecule has 0 aliphatic carbocycles. The Morgan fingerprint density at radius 1 is 1.00 bits per heavy atom. The molecule has 0 spiro atoms. The summed E-state index contributed by atoms with van der Waals surface area (Å²) in [4.78, 5) is 12.6. The summed E-state index contributed by atoms with van der Waals surface area (Å²) >= 11 is 12.3. The van der Waals surface area contributed by atoms with E-state index in [1.165, 1.54) is 12.1 Å². The van der Waals surface area contributed by atoms with Gasteiger partial charge >= 0.3 is 0 Å². The fourth-order valence-electron chi connectivity index (χ4n) is 3.15. The summed E-state index contributed by atoms with van der Waals surface area (Å²) in [5, 5.41) is 8.05. The molecule has 0 unspecified atom stereocenters. The van der Waals surface area contributed by atoms with Gasteiger partial charge in [-0.1, -0.05) is 47.5 Å². The van der Waals surface area contributed by atoms with Crippen molar-refractivity contribution >= 4 is 34.9 Å². The minimum absolute atomic E-state index is 0.259. The lowest BCUT2D eigenvalue weighted by Gasteiger charge is -2.09. The van der Waals surface area contributed by atoms with Crippen LogP contribution in [0.25, 0.3) is 0 Å². The maximum absolute atomic E-state index is 13.1. The molecular formula is C25H20Cl2FN3O2. The summed E-state index contributed by atoms with van der Waals surface area (Å²) in [5.74, 6) is 0.353. The van der Waals surface area contributed by atoms with E-state index >= 15 is 0 Å². The van der Waals surface area contributed by atoms with Gasteiger partial charge in [0.25, 0.3) is 5.91 Å². The number of aryl methyl sites for hydroxylation is 1. The van der Waals surface area contributed by atoms with E-state index in [2.05, 4.69) is 10.4 Å². The number of nitrogens with zero attached hydrogens (tertiary/aromatic N) is 2. The third kappa shape index (κ3) is 5.92.